The Morgan fingerprint density at radius 3 is 1.20 bits per heavy atom. The van der Waals surface area contributed by atoms with Gasteiger partial charge in [0.15, 0.2) is 0 Å². The summed E-state index contributed by atoms with van der Waals surface area (Å²) < 4.78 is 62.6. The van der Waals surface area contributed by atoms with E-state index in [1.54, 1.807) is 21.3 Å². The molecule has 5 nitrogen and oxygen atoms in total. The van der Waals surface area contributed by atoms with Gasteiger partial charge in [-0.15, -0.1) is 0 Å². The number of nitriles is 1. The van der Waals surface area contributed by atoms with Gasteiger partial charge in [-0.2, -0.15) is 5.26 Å². The van der Waals surface area contributed by atoms with Crippen LogP contribution in [-0.4, -0.2) is 9.13 Å². The van der Waals surface area contributed by atoms with E-state index in [1.165, 1.54) is 0 Å². The molecular weight excluding hydrogens is 675 g/mol. The predicted octanol–water partition coefficient (Wildman–Crippen LogP) is 10.5. The third-order valence-corrected chi connectivity index (χ3v) is 7.72. The summed E-state index contributed by atoms with van der Waals surface area (Å²) in [5, 5.41) is 9.52. The third-order valence-electron chi connectivity index (χ3n) is 7.72. The molecular formula is C38H24F6N3O2P. The van der Waals surface area contributed by atoms with E-state index in [0.29, 0.717) is 28.2 Å². The van der Waals surface area contributed by atoms with Gasteiger partial charge in [0.25, 0.3) is 0 Å². The Morgan fingerprint density at radius 1 is 0.500 bits per heavy atom. The largest absolute Gasteiger partial charge is 0.312 e. The molecule has 2 aliphatic heterocycles. The number of benzene rings is 3. The van der Waals surface area contributed by atoms with Crippen molar-refractivity contribution in [3.8, 4) is 40.0 Å². The topological polar surface area (TPSA) is 67.8 Å². The van der Waals surface area contributed by atoms with Gasteiger partial charge >= 0.3 is 44.1 Å². The zero-order valence-corrected chi connectivity index (χ0v) is 26.6. The molecule has 3 aromatic rings. The molecule has 0 spiro atoms. The predicted molar refractivity (Wildman–Crippen MR) is 183 cm³/mol. The number of para-hydroxylation sites is 2. The van der Waals surface area contributed by atoms with E-state index in [9.17, 15) is 40.0 Å². The van der Waals surface area contributed by atoms with Crippen LogP contribution in [0.1, 0.15) is 22.3 Å². The van der Waals surface area contributed by atoms with Gasteiger partial charge in [-0.3, -0.25) is 0 Å². The summed E-state index contributed by atoms with van der Waals surface area (Å²) in [5.74, 6) is 0.524. The molecule has 0 fully saturated rings. The Hall–Kier alpha value is -6.11. The first-order valence-electron chi connectivity index (χ1n) is 15.0. The van der Waals surface area contributed by atoms with E-state index in [-0.39, 0.29) is 11.1 Å². The van der Waals surface area contributed by atoms with Gasteiger partial charge in [0.05, 0.1) is 50.9 Å². The Labute approximate surface area is 281 Å². The van der Waals surface area contributed by atoms with Crippen LogP contribution in [-0.2, 0) is 0 Å². The molecule has 2 aliphatic carbocycles. The molecule has 50 heavy (non-hydrogen) atoms. The second-order valence-corrected chi connectivity index (χ2v) is 13.1. The molecule has 2 heterocycles. The number of fused-ring (bicyclic) bond motifs is 2. The molecule has 12 heteroatoms. The van der Waals surface area contributed by atoms with Gasteiger partial charge in [0.2, 0.25) is 0 Å². The maximum atomic E-state index is 14.7. The minimum Gasteiger partial charge on any atom is -0.248 e. The number of hydrogen-bond acceptors (Lipinski definition) is 3. The van der Waals surface area contributed by atoms with Crippen molar-refractivity contribution in [3.63, 3.8) is 0 Å². The summed E-state index contributed by atoms with van der Waals surface area (Å²) in [6.45, 7) is 0. The molecule has 4 aliphatic rings. The van der Waals surface area contributed by atoms with Gasteiger partial charge < -0.3 is 0 Å². The quantitative estimate of drug-likeness (QED) is 0.102. The first kappa shape index (κ1) is 33.8. The van der Waals surface area contributed by atoms with Crippen LogP contribution in [0.5, 0.6) is 0 Å². The van der Waals surface area contributed by atoms with Crippen molar-refractivity contribution in [3.05, 3.63) is 194 Å². The average Bonchev–Trinajstić information content (AvgIpc) is 3.26. The average molecular weight is 700 g/mol. The summed E-state index contributed by atoms with van der Waals surface area (Å²) in [6, 6.07) is 47.5. The van der Waals surface area contributed by atoms with Crippen molar-refractivity contribution in [2.24, 2.45) is 0 Å². The van der Waals surface area contributed by atoms with Crippen molar-refractivity contribution < 1.29 is 25.2 Å². The zero-order chi connectivity index (χ0) is 35.7. The molecule has 0 radical (unpaired) electrons. The van der Waals surface area contributed by atoms with E-state index in [4.69, 9.17) is 0 Å². The standard InChI is InChI=1S/C38H24N3O2.F6P/c39-25-26-21-23-27(24-22-26)34(35-30-17-9-3-11-19-32(30)40(37(35)42)28-13-5-1-6-14-28)36-31-18-10-4-12-20-33(31)41(38(36)43)29-15-7-2-8-16-29;1-7(2,3,4,5)6/h1-24H;/q+1;-1. The van der Waals surface area contributed by atoms with Crippen LogP contribution < -0.4 is 11.1 Å². The summed E-state index contributed by atoms with van der Waals surface area (Å²) in [6.07, 6.45) is 0. The van der Waals surface area contributed by atoms with Gasteiger partial charge in [0, 0.05) is 0 Å². The number of aromatic nitrogens is 2. The zero-order valence-electron chi connectivity index (χ0n) is 25.7. The smallest absolute Gasteiger partial charge is 0.248 e. The fraction of sp³-hybridized carbons (Fsp3) is 0. The van der Waals surface area contributed by atoms with Gasteiger partial charge in [-0.1, -0.05) is 72.8 Å². The first-order valence-corrected chi connectivity index (χ1v) is 17.0. The van der Waals surface area contributed by atoms with Crippen LogP contribution in [0.2, 0.25) is 0 Å². The van der Waals surface area contributed by atoms with Crippen LogP contribution >= 0.6 is 7.81 Å². The fourth-order valence-electron chi connectivity index (χ4n) is 5.84. The summed E-state index contributed by atoms with van der Waals surface area (Å²) in [5.41, 5.74) is 5.92. The van der Waals surface area contributed by atoms with E-state index in [2.05, 4.69) is 6.07 Å². The number of hydrogen-bond donors (Lipinski definition) is 0. The molecule has 0 N–H and O–H groups in total. The van der Waals surface area contributed by atoms with Crippen LogP contribution in [0.4, 0.5) is 25.2 Å². The maximum absolute atomic E-state index is 14.7. The molecule has 0 saturated heterocycles. The second kappa shape index (κ2) is 12.1. The summed E-state index contributed by atoms with van der Waals surface area (Å²) in [7, 11) is -10.7. The first-order chi connectivity index (χ1) is 23.6. The van der Waals surface area contributed by atoms with Gasteiger partial charge in [0.1, 0.15) is 17.2 Å². The third kappa shape index (κ3) is 7.31. The maximum Gasteiger partial charge on any atom is 0.312 e. The van der Waals surface area contributed by atoms with Crippen molar-refractivity contribution in [1.29, 1.82) is 5.26 Å². The normalized spacial score (nSPS) is 12.7. The second-order valence-electron chi connectivity index (χ2n) is 11.1. The fourth-order valence-corrected chi connectivity index (χ4v) is 5.84. The van der Waals surface area contributed by atoms with E-state index in [0.717, 1.165) is 33.9 Å². The summed E-state index contributed by atoms with van der Waals surface area (Å²) in [4.78, 5) is 29.3. The molecule has 0 bridgehead atoms. The molecule has 7 rings (SSSR count). The van der Waals surface area contributed by atoms with Gasteiger partial charge in [-0.25, -0.2) is 18.7 Å². The molecule has 3 aromatic carbocycles. The van der Waals surface area contributed by atoms with Crippen molar-refractivity contribution >= 4 is 7.81 Å². The summed E-state index contributed by atoms with van der Waals surface area (Å²) >= 11 is 0. The molecule has 0 aromatic heterocycles. The van der Waals surface area contributed by atoms with Crippen molar-refractivity contribution in [2.75, 3.05) is 0 Å². The number of halogens is 6. The van der Waals surface area contributed by atoms with Crippen molar-refractivity contribution in [2.45, 2.75) is 0 Å². The molecule has 0 unspecified atom stereocenters. The molecule has 0 atom stereocenters. The Balaban J connectivity index is 0.000000561. The molecule has 250 valence electrons. The van der Waals surface area contributed by atoms with Crippen LogP contribution in [0.3, 0.4) is 0 Å². The number of rotatable bonds is 5. The minimum absolute atomic E-state index is 0.230. The Morgan fingerprint density at radius 2 is 0.840 bits per heavy atom. The van der Waals surface area contributed by atoms with Gasteiger partial charge in [-0.05, 0) is 72.8 Å². The Bertz CT molecular complexity index is 2280. The van der Waals surface area contributed by atoms with Crippen LogP contribution in [0.15, 0.2) is 155 Å². The Kier molecular flexibility index (Phi) is 8.17. The van der Waals surface area contributed by atoms with E-state index >= 15 is 0 Å². The number of nitrogens with zero attached hydrogens (tertiary/aromatic N) is 3. The monoisotopic (exact) mass is 699 g/mol. The minimum atomic E-state index is -10.7. The SMILES string of the molecule is F[P-](F)(F)(F)(F)F.N#Cc1ccc([C+](c2c3cccccc-3n(-c3ccccc3)c2=O)c2c3cccccc-3n(-c3ccccc3)c2=O)cc1. The van der Waals surface area contributed by atoms with Crippen LogP contribution in [0.25, 0.3) is 33.9 Å². The van der Waals surface area contributed by atoms with Crippen LogP contribution in [0, 0.1) is 17.2 Å². The van der Waals surface area contributed by atoms with E-state index in [1.807, 2.05) is 133 Å². The molecule has 0 amide bonds. The molecule has 0 saturated carbocycles. The van der Waals surface area contributed by atoms with Crippen molar-refractivity contribution in [1.82, 2.24) is 9.13 Å². The van der Waals surface area contributed by atoms with E-state index < -0.39 is 7.81 Å².